The van der Waals surface area contributed by atoms with Crippen LogP contribution < -0.4 is 5.32 Å². The Morgan fingerprint density at radius 2 is 1.80 bits per heavy atom. The van der Waals surface area contributed by atoms with Crippen LogP contribution in [0.25, 0.3) is 0 Å². The molecule has 0 saturated heterocycles. The first kappa shape index (κ1) is 13.5. The van der Waals surface area contributed by atoms with E-state index in [1.807, 2.05) is 0 Å². The Hall–Kier alpha value is -1.49. The minimum atomic E-state index is 0.644. The van der Waals surface area contributed by atoms with Gasteiger partial charge in [-0.3, -0.25) is 5.10 Å². The smallest absolute Gasteiger partial charge is 0.188 e. The number of benzene rings is 1. The Labute approximate surface area is 123 Å². The standard InChI is InChI=1S/C15H20N4S/c1-2-4-6-12(5-3-1)18-13-7-9-14(10-8-13)20-15-16-11-17-19-15/h7-12,18H,1-6H2,(H,16,17,19). The van der Waals surface area contributed by atoms with E-state index >= 15 is 0 Å². The van der Waals surface area contributed by atoms with Gasteiger partial charge in [0.25, 0.3) is 0 Å². The van der Waals surface area contributed by atoms with Crippen molar-refractivity contribution in [2.45, 2.75) is 54.6 Å². The summed E-state index contributed by atoms with van der Waals surface area (Å²) in [6, 6.07) is 9.22. The van der Waals surface area contributed by atoms with Crippen LogP contribution in [0.2, 0.25) is 0 Å². The second-order valence-electron chi connectivity index (χ2n) is 5.25. The van der Waals surface area contributed by atoms with Crippen molar-refractivity contribution < 1.29 is 0 Å². The highest BCUT2D eigenvalue weighted by molar-refractivity contribution is 7.99. The molecule has 0 amide bonds. The fourth-order valence-corrected chi connectivity index (χ4v) is 3.33. The number of aromatic amines is 1. The monoisotopic (exact) mass is 288 g/mol. The van der Waals surface area contributed by atoms with Crippen LogP contribution in [-0.2, 0) is 0 Å². The Morgan fingerprint density at radius 3 is 2.45 bits per heavy atom. The Bertz CT molecular complexity index is 501. The summed E-state index contributed by atoms with van der Waals surface area (Å²) < 4.78 is 0. The molecule has 1 heterocycles. The predicted octanol–water partition coefficient (Wildman–Crippen LogP) is 4.09. The number of nitrogens with one attached hydrogen (secondary N) is 2. The largest absolute Gasteiger partial charge is 0.382 e. The lowest BCUT2D eigenvalue weighted by atomic mass is 10.1. The van der Waals surface area contributed by atoms with E-state index in [-0.39, 0.29) is 0 Å². The summed E-state index contributed by atoms with van der Waals surface area (Å²) in [7, 11) is 0. The van der Waals surface area contributed by atoms with Crippen molar-refractivity contribution in [1.29, 1.82) is 0 Å². The zero-order chi connectivity index (χ0) is 13.6. The van der Waals surface area contributed by atoms with Crippen LogP contribution in [0.15, 0.2) is 40.6 Å². The first-order valence-electron chi connectivity index (χ1n) is 7.30. The van der Waals surface area contributed by atoms with Gasteiger partial charge in [-0.15, -0.1) is 0 Å². The molecule has 0 aliphatic heterocycles. The van der Waals surface area contributed by atoms with E-state index in [2.05, 4.69) is 44.8 Å². The number of hydrogen-bond donors (Lipinski definition) is 2. The molecule has 106 valence electrons. The van der Waals surface area contributed by atoms with Crippen LogP contribution in [0.4, 0.5) is 5.69 Å². The van der Waals surface area contributed by atoms with Crippen LogP contribution in [0.5, 0.6) is 0 Å². The van der Waals surface area contributed by atoms with Gasteiger partial charge in [0.2, 0.25) is 0 Å². The van der Waals surface area contributed by atoms with E-state index in [4.69, 9.17) is 0 Å². The van der Waals surface area contributed by atoms with Crippen molar-refractivity contribution in [1.82, 2.24) is 15.2 Å². The number of nitrogens with zero attached hydrogens (tertiary/aromatic N) is 2. The molecule has 2 N–H and O–H groups in total. The van der Waals surface area contributed by atoms with E-state index in [1.54, 1.807) is 11.8 Å². The molecular weight excluding hydrogens is 268 g/mol. The second-order valence-corrected chi connectivity index (χ2v) is 6.31. The molecular formula is C15H20N4S. The maximum absolute atomic E-state index is 4.12. The van der Waals surface area contributed by atoms with Crippen molar-refractivity contribution in [3.05, 3.63) is 30.6 Å². The highest BCUT2D eigenvalue weighted by Gasteiger charge is 2.11. The second kappa shape index (κ2) is 6.79. The molecule has 0 spiro atoms. The molecule has 5 heteroatoms. The average Bonchev–Trinajstić information content (AvgIpc) is 2.84. The fourth-order valence-electron chi connectivity index (χ4n) is 2.63. The quantitative estimate of drug-likeness (QED) is 0.832. The van der Waals surface area contributed by atoms with Crippen molar-refractivity contribution in [3.8, 4) is 0 Å². The van der Waals surface area contributed by atoms with Gasteiger partial charge >= 0.3 is 0 Å². The van der Waals surface area contributed by atoms with Gasteiger partial charge in [0.1, 0.15) is 6.33 Å². The van der Waals surface area contributed by atoms with Crippen molar-refractivity contribution in [2.75, 3.05) is 5.32 Å². The molecule has 0 radical (unpaired) electrons. The summed E-state index contributed by atoms with van der Waals surface area (Å²) in [5.74, 6) is 0. The van der Waals surface area contributed by atoms with E-state index in [0.717, 1.165) is 5.16 Å². The topological polar surface area (TPSA) is 53.6 Å². The Balaban J connectivity index is 1.58. The highest BCUT2D eigenvalue weighted by atomic mass is 32.2. The fraction of sp³-hybridized carbons (Fsp3) is 0.467. The molecule has 1 aromatic heterocycles. The van der Waals surface area contributed by atoms with Gasteiger partial charge in [0.05, 0.1) is 0 Å². The maximum Gasteiger partial charge on any atom is 0.188 e. The van der Waals surface area contributed by atoms with E-state index in [9.17, 15) is 0 Å². The van der Waals surface area contributed by atoms with Gasteiger partial charge in [-0.25, -0.2) is 4.98 Å². The highest BCUT2D eigenvalue weighted by Crippen LogP contribution is 2.26. The third-order valence-electron chi connectivity index (χ3n) is 3.69. The van der Waals surface area contributed by atoms with Crippen LogP contribution in [0, 0.1) is 0 Å². The molecule has 0 bridgehead atoms. The SMILES string of the molecule is c1n[nH]c(Sc2ccc(NC3CCCCCC3)cc2)n1. The minimum Gasteiger partial charge on any atom is -0.382 e. The molecule has 1 saturated carbocycles. The molecule has 0 atom stereocenters. The zero-order valence-electron chi connectivity index (χ0n) is 11.5. The third kappa shape index (κ3) is 3.76. The molecule has 1 fully saturated rings. The normalized spacial score (nSPS) is 16.8. The molecule has 1 aliphatic carbocycles. The molecule has 3 rings (SSSR count). The van der Waals surface area contributed by atoms with Crippen molar-refractivity contribution in [2.24, 2.45) is 0 Å². The summed E-state index contributed by atoms with van der Waals surface area (Å²) >= 11 is 1.60. The lowest BCUT2D eigenvalue weighted by molar-refractivity contribution is 0.620. The van der Waals surface area contributed by atoms with Gasteiger partial charge in [0, 0.05) is 16.6 Å². The summed E-state index contributed by atoms with van der Waals surface area (Å²) in [6.07, 6.45) is 9.64. The first-order chi connectivity index (χ1) is 9.90. The van der Waals surface area contributed by atoms with Gasteiger partial charge in [-0.2, -0.15) is 5.10 Å². The van der Waals surface area contributed by atoms with Gasteiger partial charge < -0.3 is 5.32 Å². The molecule has 4 nitrogen and oxygen atoms in total. The van der Waals surface area contributed by atoms with Crippen LogP contribution >= 0.6 is 11.8 Å². The predicted molar refractivity (Wildman–Crippen MR) is 82.1 cm³/mol. The molecule has 1 aliphatic rings. The Morgan fingerprint density at radius 1 is 1.05 bits per heavy atom. The maximum atomic E-state index is 4.12. The van der Waals surface area contributed by atoms with Crippen LogP contribution in [-0.4, -0.2) is 21.2 Å². The molecule has 0 unspecified atom stereocenters. The average molecular weight is 288 g/mol. The number of rotatable bonds is 4. The Kier molecular flexibility index (Phi) is 4.58. The van der Waals surface area contributed by atoms with Gasteiger partial charge in [-0.05, 0) is 37.1 Å². The molecule has 20 heavy (non-hydrogen) atoms. The number of hydrogen-bond acceptors (Lipinski definition) is 4. The number of anilines is 1. The van der Waals surface area contributed by atoms with Crippen molar-refractivity contribution >= 4 is 17.4 Å². The van der Waals surface area contributed by atoms with Gasteiger partial charge in [-0.1, -0.05) is 37.4 Å². The summed E-state index contributed by atoms with van der Waals surface area (Å²) in [5.41, 5.74) is 1.22. The zero-order valence-corrected chi connectivity index (χ0v) is 12.3. The third-order valence-corrected chi connectivity index (χ3v) is 4.59. The van der Waals surface area contributed by atoms with E-state index in [1.165, 1.54) is 55.4 Å². The lowest BCUT2D eigenvalue weighted by Crippen LogP contribution is -2.17. The number of aromatic nitrogens is 3. The molecule has 2 aromatic rings. The van der Waals surface area contributed by atoms with E-state index < -0.39 is 0 Å². The van der Waals surface area contributed by atoms with Crippen molar-refractivity contribution in [3.63, 3.8) is 0 Å². The summed E-state index contributed by atoms with van der Waals surface area (Å²) in [5, 5.41) is 11.2. The van der Waals surface area contributed by atoms with Crippen LogP contribution in [0.1, 0.15) is 38.5 Å². The lowest BCUT2D eigenvalue weighted by Gasteiger charge is -2.17. The van der Waals surface area contributed by atoms with Gasteiger partial charge in [0.15, 0.2) is 5.16 Å². The summed E-state index contributed by atoms with van der Waals surface area (Å²) in [6.45, 7) is 0. The first-order valence-corrected chi connectivity index (χ1v) is 8.11. The molecule has 1 aromatic carbocycles. The number of H-pyrrole nitrogens is 1. The van der Waals surface area contributed by atoms with E-state index in [0.29, 0.717) is 6.04 Å². The summed E-state index contributed by atoms with van der Waals surface area (Å²) in [4.78, 5) is 5.29. The van der Waals surface area contributed by atoms with Crippen LogP contribution in [0.3, 0.4) is 0 Å². The minimum absolute atomic E-state index is 0.644.